The average Bonchev–Trinajstić information content (AvgIpc) is 2.70. The summed E-state index contributed by atoms with van der Waals surface area (Å²) < 4.78 is 0. The summed E-state index contributed by atoms with van der Waals surface area (Å²) in [5, 5.41) is 22.6. The van der Waals surface area contributed by atoms with E-state index in [4.69, 9.17) is 11.6 Å². The van der Waals surface area contributed by atoms with Crippen LogP contribution < -0.4 is 5.32 Å². The third-order valence-electron chi connectivity index (χ3n) is 3.35. The first-order valence-electron chi connectivity index (χ1n) is 5.83. The van der Waals surface area contributed by atoms with E-state index in [1.54, 1.807) is 0 Å². The van der Waals surface area contributed by atoms with Crippen LogP contribution in [0.25, 0.3) is 0 Å². The molecule has 0 saturated heterocycles. The maximum Gasteiger partial charge on any atom is 0.0633 e. The summed E-state index contributed by atoms with van der Waals surface area (Å²) >= 11 is 5.96. The Balaban J connectivity index is 2.05. The van der Waals surface area contributed by atoms with Crippen molar-refractivity contribution >= 4 is 11.6 Å². The first-order chi connectivity index (χ1) is 8.06. The number of hydrogen-bond donors (Lipinski definition) is 3. The summed E-state index contributed by atoms with van der Waals surface area (Å²) in [6.07, 6.45) is 1.81. The van der Waals surface area contributed by atoms with Gasteiger partial charge in [-0.25, -0.2) is 0 Å². The van der Waals surface area contributed by atoms with Crippen molar-refractivity contribution in [1.29, 1.82) is 0 Å². The molecule has 4 heteroatoms. The highest BCUT2D eigenvalue weighted by atomic mass is 35.5. The smallest absolute Gasteiger partial charge is 0.0633 e. The highest BCUT2D eigenvalue weighted by Crippen LogP contribution is 2.26. The fourth-order valence-corrected chi connectivity index (χ4v) is 2.52. The van der Waals surface area contributed by atoms with Crippen LogP contribution in [0.1, 0.15) is 18.1 Å². The van der Waals surface area contributed by atoms with E-state index in [0.717, 1.165) is 17.9 Å². The monoisotopic (exact) mass is 255 g/mol. The molecule has 0 aliphatic heterocycles. The normalized spacial score (nSPS) is 19.4. The van der Waals surface area contributed by atoms with E-state index >= 15 is 0 Å². The van der Waals surface area contributed by atoms with E-state index in [9.17, 15) is 10.2 Å². The van der Waals surface area contributed by atoms with E-state index in [2.05, 4.69) is 11.4 Å². The van der Waals surface area contributed by atoms with Gasteiger partial charge in [0.2, 0.25) is 0 Å². The van der Waals surface area contributed by atoms with Crippen LogP contribution in [0.15, 0.2) is 18.2 Å². The van der Waals surface area contributed by atoms with Gasteiger partial charge in [0.1, 0.15) is 0 Å². The van der Waals surface area contributed by atoms with Crippen LogP contribution in [0.3, 0.4) is 0 Å². The van der Waals surface area contributed by atoms with E-state index in [0.29, 0.717) is 0 Å². The summed E-state index contributed by atoms with van der Waals surface area (Å²) in [6, 6.07) is 6.20. The third-order valence-corrected chi connectivity index (χ3v) is 3.59. The van der Waals surface area contributed by atoms with E-state index in [1.807, 2.05) is 19.1 Å². The van der Waals surface area contributed by atoms with Crippen molar-refractivity contribution in [3.05, 3.63) is 34.3 Å². The number of hydrogen-bond acceptors (Lipinski definition) is 3. The Hall–Kier alpha value is -0.610. The molecule has 0 heterocycles. The van der Waals surface area contributed by atoms with Crippen LogP contribution in [0.4, 0.5) is 0 Å². The first-order valence-corrected chi connectivity index (χ1v) is 6.21. The Bertz CT molecular complexity index is 404. The number of halogens is 1. The van der Waals surface area contributed by atoms with Crippen LogP contribution in [0.2, 0.25) is 5.02 Å². The number of aliphatic hydroxyl groups excluding tert-OH is 2. The van der Waals surface area contributed by atoms with Crippen LogP contribution in [0.5, 0.6) is 0 Å². The predicted octanol–water partition coefficient (Wildman–Crippen LogP) is 1.14. The lowest BCUT2D eigenvalue weighted by atomic mass is 10.0. The van der Waals surface area contributed by atoms with Crippen molar-refractivity contribution < 1.29 is 10.2 Å². The topological polar surface area (TPSA) is 52.5 Å². The maximum absolute atomic E-state index is 9.26. The number of rotatable bonds is 4. The van der Waals surface area contributed by atoms with Crippen LogP contribution in [0, 0.1) is 0 Å². The Morgan fingerprint density at radius 2 is 1.94 bits per heavy atom. The van der Waals surface area contributed by atoms with Crippen LogP contribution in [-0.2, 0) is 12.8 Å². The Morgan fingerprint density at radius 3 is 2.59 bits per heavy atom. The van der Waals surface area contributed by atoms with Gasteiger partial charge in [0.25, 0.3) is 0 Å². The molecule has 1 atom stereocenters. The summed E-state index contributed by atoms with van der Waals surface area (Å²) in [5.41, 5.74) is 1.94. The van der Waals surface area contributed by atoms with Crippen molar-refractivity contribution in [3.63, 3.8) is 0 Å². The molecule has 0 fully saturated rings. The SMILES string of the molecule is CC(CO)(CO)NC1Cc2ccc(Cl)cc2C1. The van der Waals surface area contributed by atoms with Gasteiger partial charge < -0.3 is 15.5 Å². The molecule has 1 unspecified atom stereocenters. The van der Waals surface area contributed by atoms with Gasteiger partial charge in [-0.05, 0) is 43.0 Å². The number of nitrogens with one attached hydrogen (secondary N) is 1. The van der Waals surface area contributed by atoms with Gasteiger partial charge in [-0.2, -0.15) is 0 Å². The van der Waals surface area contributed by atoms with Crippen molar-refractivity contribution in [2.24, 2.45) is 0 Å². The second kappa shape index (κ2) is 4.94. The van der Waals surface area contributed by atoms with Crippen LogP contribution in [-0.4, -0.2) is 35.0 Å². The second-order valence-electron chi connectivity index (χ2n) is 5.04. The number of fused-ring (bicyclic) bond motifs is 1. The zero-order chi connectivity index (χ0) is 12.5. The molecule has 0 bridgehead atoms. The van der Waals surface area contributed by atoms with Crippen molar-refractivity contribution in [1.82, 2.24) is 5.32 Å². The molecule has 0 spiro atoms. The van der Waals surface area contributed by atoms with E-state index in [-0.39, 0.29) is 19.3 Å². The van der Waals surface area contributed by atoms with Gasteiger partial charge in [0.05, 0.1) is 18.8 Å². The standard InChI is InChI=1S/C13H18ClNO2/c1-13(7-16,8-17)15-12-5-9-2-3-11(14)4-10(9)6-12/h2-4,12,15-17H,5-8H2,1H3. The van der Waals surface area contributed by atoms with Crippen LogP contribution >= 0.6 is 11.6 Å². The zero-order valence-electron chi connectivity index (χ0n) is 9.91. The molecule has 0 aromatic heterocycles. The predicted molar refractivity (Wildman–Crippen MR) is 68.4 cm³/mol. The molecule has 3 N–H and O–H groups in total. The lowest BCUT2D eigenvalue weighted by molar-refractivity contribution is 0.0948. The summed E-state index contributed by atoms with van der Waals surface area (Å²) in [6.45, 7) is 1.68. The second-order valence-corrected chi connectivity index (χ2v) is 5.48. The number of aliphatic hydroxyl groups is 2. The summed E-state index contributed by atoms with van der Waals surface area (Å²) in [7, 11) is 0. The van der Waals surface area contributed by atoms with Gasteiger partial charge in [0.15, 0.2) is 0 Å². The lowest BCUT2D eigenvalue weighted by Gasteiger charge is -2.30. The maximum atomic E-state index is 9.26. The Labute approximate surface area is 106 Å². The Kier molecular flexibility index (Phi) is 3.73. The third kappa shape index (κ3) is 2.80. The molecule has 1 aromatic carbocycles. The summed E-state index contributed by atoms with van der Waals surface area (Å²) in [4.78, 5) is 0. The average molecular weight is 256 g/mol. The molecule has 2 rings (SSSR count). The van der Waals surface area contributed by atoms with Gasteiger partial charge in [-0.15, -0.1) is 0 Å². The molecule has 0 radical (unpaired) electrons. The molecule has 1 aliphatic rings. The molecule has 1 aromatic rings. The summed E-state index contributed by atoms with van der Waals surface area (Å²) in [5.74, 6) is 0. The molecule has 0 amide bonds. The molecule has 0 saturated carbocycles. The Morgan fingerprint density at radius 1 is 1.29 bits per heavy atom. The number of benzene rings is 1. The first kappa shape index (κ1) is 12.8. The fourth-order valence-electron chi connectivity index (χ4n) is 2.32. The largest absolute Gasteiger partial charge is 0.394 e. The van der Waals surface area contributed by atoms with E-state index < -0.39 is 5.54 Å². The van der Waals surface area contributed by atoms with Gasteiger partial charge >= 0.3 is 0 Å². The van der Waals surface area contributed by atoms with Gasteiger partial charge in [0, 0.05) is 11.1 Å². The minimum absolute atomic E-state index is 0.0723. The van der Waals surface area contributed by atoms with E-state index in [1.165, 1.54) is 11.1 Å². The van der Waals surface area contributed by atoms with Gasteiger partial charge in [-0.1, -0.05) is 17.7 Å². The highest BCUT2D eigenvalue weighted by Gasteiger charge is 2.29. The molecule has 1 aliphatic carbocycles. The minimum atomic E-state index is -0.615. The molecular formula is C13H18ClNO2. The molecule has 94 valence electrons. The van der Waals surface area contributed by atoms with Crippen molar-refractivity contribution in [2.75, 3.05) is 13.2 Å². The fraction of sp³-hybridized carbons (Fsp3) is 0.538. The minimum Gasteiger partial charge on any atom is -0.394 e. The van der Waals surface area contributed by atoms with Crippen molar-refractivity contribution in [3.8, 4) is 0 Å². The van der Waals surface area contributed by atoms with Gasteiger partial charge in [-0.3, -0.25) is 0 Å². The lowest BCUT2D eigenvalue weighted by Crippen LogP contribution is -2.53. The molecule has 17 heavy (non-hydrogen) atoms. The quantitative estimate of drug-likeness (QED) is 0.756. The zero-order valence-corrected chi connectivity index (χ0v) is 10.7. The molecular weight excluding hydrogens is 238 g/mol. The van der Waals surface area contributed by atoms with Crippen molar-refractivity contribution in [2.45, 2.75) is 31.3 Å². The highest BCUT2D eigenvalue weighted by molar-refractivity contribution is 6.30. The molecule has 3 nitrogen and oxygen atoms in total.